The maximum atomic E-state index is 12.2. The van der Waals surface area contributed by atoms with Crippen molar-refractivity contribution in [3.8, 4) is 0 Å². The highest BCUT2D eigenvalue weighted by molar-refractivity contribution is 6.01. The fraction of sp³-hybridized carbons (Fsp3) is 0.818. The van der Waals surface area contributed by atoms with E-state index in [9.17, 15) is 4.79 Å². The van der Waals surface area contributed by atoms with E-state index in [2.05, 4.69) is 5.16 Å². The molecule has 0 radical (unpaired) electrons. The number of amides is 1. The third kappa shape index (κ3) is 2.46. The normalized spacial score (nSPS) is 28.9. The zero-order valence-electron chi connectivity index (χ0n) is 10.2. The predicted molar refractivity (Wildman–Crippen MR) is 62.2 cm³/mol. The van der Waals surface area contributed by atoms with Gasteiger partial charge in [-0.1, -0.05) is 5.16 Å². The molecule has 5 nitrogen and oxygen atoms in total. The van der Waals surface area contributed by atoms with E-state index in [0.29, 0.717) is 0 Å². The topological polar surface area (TPSA) is 78.9 Å². The summed E-state index contributed by atoms with van der Waals surface area (Å²) in [7, 11) is 0. The molecule has 0 aromatic carbocycles. The molecule has 0 bridgehead atoms. The third-order valence-electron chi connectivity index (χ3n) is 3.38. The molecule has 5 heteroatoms. The zero-order valence-corrected chi connectivity index (χ0v) is 10.2. The summed E-state index contributed by atoms with van der Waals surface area (Å²) in [6.45, 7) is 5.77. The molecule has 1 heterocycles. The Morgan fingerprint density at radius 3 is 2.38 bits per heavy atom. The molecule has 92 valence electrons. The molecule has 3 unspecified atom stereocenters. The number of oxime groups is 1. The number of carbonyl (C=O) groups excluding carboxylic acids is 1. The van der Waals surface area contributed by atoms with Crippen molar-refractivity contribution in [1.29, 1.82) is 0 Å². The van der Waals surface area contributed by atoms with E-state index in [1.54, 1.807) is 6.92 Å². The van der Waals surface area contributed by atoms with Gasteiger partial charge in [-0.15, -0.1) is 0 Å². The van der Waals surface area contributed by atoms with Gasteiger partial charge < -0.3 is 15.8 Å². The van der Waals surface area contributed by atoms with E-state index in [-0.39, 0.29) is 23.8 Å². The van der Waals surface area contributed by atoms with Crippen LogP contribution in [0.2, 0.25) is 0 Å². The van der Waals surface area contributed by atoms with Gasteiger partial charge in [-0.25, -0.2) is 0 Å². The van der Waals surface area contributed by atoms with E-state index in [1.807, 2.05) is 18.7 Å². The van der Waals surface area contributed by atoms with Crippen molar-refractivity contribution < 1.29 is 10.0 Å². The largest absolute Gasteiger partial charge is 0.409 e. The molecular formula is C11H21N3O2. The van der Waals surface area contributed by atoms with Crippen molar-refractivity contribution in [2.75, 3.05) is 0 Å². The molecule has 1 amide bonds. The maximum Gasteiger partial charge on any atom is 0.233 e. The zero-order chi connectivity index (χ0) is 12.3. The Balaban J connectivity index is 2.78. The summed E-state index contributed by atoms with van der Waals surface area (Å²) in [5.41, 5.74) is 5.47. The van der Waals surface area contributed by atoms with Crippen molar-refractivity contribution >= 4 is 11.7 Å². The molecule has 0 saturated carbocycles. The lowest BCUT2D eigenvalue weighted by atomic mass is 9.95. The summed E-state index contributed by atoms with van der Waals surface area (Å²) in [5.74, 6) is -0.613. The van der Waals surface area contributed by atoms with Crippen molar-refractivity contribution in [2.45, 2.75) is 52.1 Å². The van der Waals surface area contributed by atoms with Crippen LogP contribution in [0.1, 0.15) is 40.0 Å². The summed E-state index contributed by atoms with van der Waals surface area (Å²) in [4.78, 5) is 14.0. The number of nitrogens with two attached hydrogens (primary N) is 1. The summed E-state index contributed by atoms with van der Waals surface area (Å²) in [5, 5.41) is 11.5. The molecule has 1 fully saturated rings. The van der Waals surface area contributed by atoms with Gasteiger partial charge in [0, 0.05) is 12.1 Å². The number of carbonyl (C=O) groups is 1. The van der Waals surface area contributed by atoms with Gasteiger partial charge in [0.05, 0.1) is 5.92 Å². The van der Waals surface area contributed by atoms with Gasteiger partial charge in [-0.05, 0) is 40.0 Å². The Bertz CT molecular complexity index is 281. The first kappa shape index (κ1) is 12.8. The van der Waals surface area contributed by atoms with Crippen molar-refractivity contribution in [2.24, 2.45) is 16.8 Å². The lowest BCUT2D eigenvalue weighted by molar-refractivity contribution is -0.139. The Kier molecular flexibility index (Phi) is 4.15. The van der Waals surface area contributed by atoms with Gasteiger partial charge >= 0.3 is 0 Å². The van der Waals surface area contributed by atoms with Crippen LogP contribution in [-0.4, -0.2) is 33.9 Å². The smallest absolute Gasteiger partial charge is 0.233 e. The molecule has 0 spiro atoms. The molecule has 16 heavy (non-hydrogen) atoms. The van der Waals surface area contributed by atoms with Crippen LogP contribution in [-0.2, 0) is 4.79 Å². The van der Waals surface area contributed by atoms with E-state index in [4.69, 9.17) is 10.9 Å². The van der Waals surface area contributed by atoms with Gasteiger partial charge in [-0.3, -0.25) is 4.79 Å². The van der Waals surface area contributed by atoms with Crippen LogP contribution in [0, 0.1) is 5.92 Å². The highest BCUT2D eigenvalue weighted by Gasteiger charge is 2.32. The van der Waals surface area contributed by atoms with Crippen molar-refractivity contribution in [3.05, 3.63) is 0 Å². The second-order valence-electron chi connectivity index (χ2n) is 4.62. The summed E-state index contributed by atoms with van der Waals surface area (Å²) >= 11 is 0. The Labute approximate surface area is 96.3 Å². The van der Waals surface area contributed by atoms with E-state index in [1.165, 1.54) is 0 Å². The van der Waals surface area contributed by atoms with Crippen LogP contribution >= 0.6 is 0 Å². The molecule has 3 N–H and O–H groups in total. The van der Waals surface area contributed by atoms with Gasteiger partial charge in [0.25, 0.3) is 0 Å². The van der Waals surface area contributed by atoms with Crippen molar-refractivity contribution in [1.82, 2.24) is 4.90 Å². The standard InChI is InChI=1S/C11H21N3O2/c1-7-5-4-6-8(2)14(7)11(15)9(3)10(12)13-16/h7-9,16H,4-6H2,1-3H3,(H2,12,13). The SMILES string of the molecule is CC(C(=O)N1C(C)CCCC1C)C(N)=NO. The number of amidine groups is 1. The third-order valence-corrected chi connectivity index (χ3v) is 3.38. The minimum atomic E-state index is -0.548. The van der Waals surface area contributed by atoms with Crippen molar-refractivity contribution in [3.63, 3.8) is 0 Å². The lowest BCUT2D eigenvalue weighted by Crippen LogP contribution is -2.51. The Hall–Kier alpha value is -1.26. The predicted octanol–water partition coefficient (Wildman–Crippen LogP) is 1.16. The molecule has 0 aromatic rings. The number of hydrogen-bond acceptors (Lipinski definition) is 3. The van der Waals surface area contributed by atoms with Crippen LogP contribution < -0.4 is 5.73 Å². The number of piperidine rings is 1. The maximum absolute atomic E-state index is 12.2. The van der Waals surface area contributed by atoms with E-state index in [0.717, 1.165) is 19.3 Å². The van der Waals surface area contributed by atoms with Gasteiger partial charge in [0.15, 0.2) is 5.84 Å². The van der Waals surface area contributed by atoms with Crippen LogP contribution in [0.3, 0.4) is 0 Å². The van der Waals surface area contributed by atoms with E-state index >= 15 is 0 Å². The number of nitrogens with zero attached hydrogens (tertiary/aromatic N) is 2. The molecule has 0 aromatic heterocycles. The van der Waals surface area contributed by atoms with E-state index < -0.39 is 5.92 Å². The summed E-state index contributed by atoms with van der Waals surface area (Å²) < 4.78 is 0. The average Bonchev–Trinajstić information content (AvgIpc) is 2.26. The average molecular weight is 227 g/mol. The number of hydrogen-bond donors (Lipinski definition) is 2. The van der Waals surface area contributed by atoms with Crippen LogP contribution in [0.5, 0.6) is 0 Å². The first-order valence-electron chi connectivity index (χ1n) is 5.78. The first-order chi connectivity index (χ1) is 7.49. The molecule has 0 aliphatic carbocycles. The molecule has 1 aliphatic rings. The monoisotopic (exact) mass is 227 g/mol. The molecule has 1 saturated heterocycles. The van der Waals surface area contributed by atoms with Gasteiger partial charge in [0.1, 0.15) is 0 Å². The number of rotatable bonds is 2. The second-order valence-corrected chi connectivity index (χ2v) is 4.62. The Morgan fingerprint density at radius 2 is 1.94 bits per heavy atom. The molecule has 1 aliphatic heterocycles. The van der Waals surface area contributed by atoms with Gasteiger partial charge in [-0.2, -0.15) is 0 Å². The highest BCUT2D eigenvalue weighted by Crippen LogP contribution is 2.24. The highest BCUT2D eigenvalue weighted by atomic mass is 16.4. The van der Waals surface area contributed by atoms with Crippen LogP contribution in [0.15, 0.2) is 5.16 Å². The second kappa shape index (κ2) is 5.18. The minimum Gasteiger partial charge on any atom is -0.409 e. The van der Waals surface area contributed by atoms with Crippen LogP contribution in [0.25, 0.3) is 0 Å². The molecule has 1 rings (SSSR count). The van der Waals surface area contributed by atoms with Crippen LogP contribution in [0.4, 0.5) is 0 Å². The Morgan fingerprint density at radius 1 is 1.44 bits per heavy atom. The quantitative estimate of drug-likeness (QED) is 0.321. The summed E-state index contributed by atoms with van der Waals surface area (Å²) in [6.07, 6.45) is 3.21. The summed E-state index contributed by atoms with van der Waals surface area (Å²) in [6, 6.07) is 0.482. The van der Waals surface area contributed by atoms with Gasteiger partial charge in [0.2, 0.25) is 5.91 Å². The molecule has 3 atom stereocenters. The molecular weight excluding hydrogens is 206 g/mol. The first-order valence-corrected chi connectivity index (χ1v) is 5.78. The fourth-order valence-corrected chi connectivity index (χ4v) is 2.29. The number of likely N-dealkylation sites (tertiary alicyclic amines) is 1. The fourth-order valence-electron chi connectivity index (χ4n) is 2.29. The minimum absolute atomic E-state index is 0.0185. The lowest BCUT2D eigenvalue weighted by Gasteiger charge is -2.40.